The maximum Gasteiger partial charge on any atom is 0.338 e. The summed E-state index contributed by atoms with van der Waals surface area (Å²) in [7, 11) is 0. The van der Waals surface area contributed by atoms with Crippen molar-refractivity contribution < 1.29 is 33.3 Å². The first-order chi connectivity index (χ1) is 19.7. The Hall–Kier alpha value is -4.61. The molecule has 0 aliphatic carbocycles. The van der Waals surface area contributed by atoms with E-state index in [4.69, 9.17) is 30.2 Å². The fraction of sp³-hybridized carbons (Fsp3) is 0.172. The number of benzene rings is 2. The highest BCUT2D eigenvalue weighted by Crippen LogP contribution is 2.38. The number of aromatic nitrogens is 1. The van der Waals surface area contributed by atoms with Gasteiger partial charge in [-0.1, -0.05) is 35.1 Å². The summed E-state index contributed by atoms with van der Waals surface area (Å²) in [6.07, 6.45) is 1.60. The van der Waals surface area contributed by atoms with Gasteiger partial charge in [-0.2, -0.15) is 0 Å². The first-order valence-corrected chi connectivity index (χ1v) is 13.7. The van der Waals surface area contributed by atoms with Gasteiger partial charge in [0, 0.05) is 11.6 Å². The summed E-state index contributed by atoms with van der Waals surface area (Å²) >= 11 is 7.28. The largest absolute Gasteiger partial charge is 0.478 e. The minimum Gasteiger partial charge on any atom is -0.478 e. The molecule has 41 heavy (non-hydrogen) atoms. The topological polar surface area (TPSA) is 130 Å². The van der Waals surface area contributed by atoms with Crippen LogP contribution in [-0.4, -0.2) is 35.0 Å². The van der Waals surface area contributed by atoms with Gasteiger partial charge in [0.25, 0.3) is 5.56 Å². The lowest BCUT2D eigenvalue weighted by molar-refractivity contribution is -0.139. The molecule has 6 rings (SSSR count). The summed E-state index contributed by atoms with van der Waals surface area (Å²) in [6.45, 7) is 3.68. The molecule has 0 fully saturated rings. The zero-order valence-corrected chi connectivity index (χ0v) is 23.2. The number of carboxylic acid groups (broad SMARTS) is 1. The Kier molecular flexibility index (Phi) is 6.76. The van der Waals surface area contributed by atoms with Crippen LogP contribution in [0.15, 0.2) is 74.0 Å². The van der Waals surface area contributed by atoms with Crippen molar-refractivity contribution in [1.29, 1.82) is 0 Å². The van der Waals surface area contributed by atoms with Crippen LogP contribution < -0.4 is 24.4 Å². The Morgan fingerprint density at radius 3 is 2.73 bits per heavy atom. The van der Waals surface area contributed by atoms with Crippen molar-refractivity contribution in [2.24, 2.45) is 4.99 Å². The third-order valence-electron chi connectivity index (χ3n) is 6.61. The van der Waals surface area contributed by atoms with Gasteiger partial charge in [0.1, 0.15) is 11.5 Å². The van der Waals surface area contributed by atoms with E-state index in [0.717, 1.165) is 11.3 Å². The van der Waals surface area contributed by atoms with Gasteiger partial charge in [-0.15, -0.1) is 0 Å². The first-order valence-electron chi connectivity index (χ1n) is 12.5. The van der Waals surface area contributed by atoms with Gasteiger partial charge in [-0.3, -0.25) is 9.36 Å². The number of thiazole rings is 1. The summed E-state index contributed by atoms with van der Waals surface area (Å²) < 4.78 is 24.1. The Morgan fingerprint density at radius 1 is 1.17 bits per heavy atom. The van der Waals surface area contributed by atoms with Gasteiger partial charge in [0.15, 0.2) is 16.3 Å². The Labute approximate surface area is 241 Å². The van der Waals surface area contributed by atoms with Crippen LogP contribution in [0, 0.1) is 0 Å². The number of carbonyl (C=O) groups excluding carboxylic acids is 1. The molecular formula is C29H21ClN2O8S. The minimum atomic E-state index is -1.13. The number of furan rings is 1. The van der Waals surface area contributed by atoms with Crippen LogP contribution >= 0.6 is 22.9 Å². The highest BCUT2D eigenvalue weighted by Gasteiger charge is 2.34. The Morgan fingerprint density at radius 2 is 1.98 bits per heavy atom. The van der Waals surface area contributed by atoms with Crippen molar-refractivity contribution in [1.82, 2.24) is 4.57 Å². The third kappa shape index (κ3) is 4.72. The molecule has 10 nitrogen and oxygen atoms in total. The van der Waals surface area contributed by atoms with Crippen molar-refractivity contribution in [3.8, 4) is 22.8 Å². The lowest BCUT2D eigenvalue weighted by atomic mass is 9.95. The van der Waals surface area contributed by atoms with Crippen LogP contribution in [0.4, 0.5) is 0 Å². The molecule has 0 unspecified atom stereocenters. The van der Waals surface area contributed by atoms with Gasteiger partial charge in [0.05, 0.1) is 39.0 Å². The second-order valence-electron chi connectivity index (χ2n) is 9.12. The Balaban J connectivity index is 1.44. The van der Waals surface area contributed by atoms with E-state index in [0.29, 0.717) is 49.2 Å². The zero-order valence-electron chi connectivity index (χ0n) is 21.7. The van der Waals surface area contributed by atoms with Crippen LogP contribution in [0.2, 0.25) is 5.02 Å². The molecule has 1 N–H and O–H groups in total. The molecule has 0 saturated carbocycles. The molecule has 0 bridgehead atoms. The molecule has 0 amide bonds. The molecule has 4 aromatic rings. The number of hydrogen-bond donors (Lipinski definition) is 1. The smallest absolute Gasteiger partial charge is 0.338 e. The van der Waals surface area contributed by atoms with Crippen molar-refractivity contribution in [3.63, 3.8) is 0 Å². The number of nitrogens with zero attached hydrogens (tertiary/aromatic N) is 2. The van der Waals surface area contributed by atoms with Gasteiger partial charge in [-0.05, 0) is 55.8 Å². The van der Waals surface area contributed by atoms with Crippen LogP contribution in [-0.2, 0) is 9.53 Å². The number of carbonyl (C=O) groups is 2. The number of carboxylic acids is 1. The van der Waals surface area contributed by atoms with E-state index in [1.54, 1.807) is 56.3 Å². The van der Waals surface area contributed by atoms with Crippen LogP contribution in [0.5, 0.6) is 11.5 Å². The van der Waals surface area contributed by atoms with E-state index in [1.807, 2.05) is 0 Å². The average molecular weight is 593 g/mol. The normalized spacial score (nSPS) is 16.0. The minimum absolute atomic E-state index is 0.0159. The molecule has 0 radical (unpaired) electrons. The number of esters is 1. The Bertz CT molecular complexity index is 1950. The average Bonchev–Trinajstić information content (AvgIpc) is 3.67. The van der Waals surface area contributed by atoms with Gasteiger partial charge < -0.3 is 23.7 Å². The summed E-state index contributed by atoms with van der Waals surface area (Å²) in [5.41, 5.74) is 1.54. The van der Waals surface area contributed by atoms with E-state index in [1.165, 1.54) is 16.7 Å². The molecule has 208 valence electrons. The fourth-order valence-corrected chi connectivity index (χ4v) is 6.03. The monoisotopic (exact) mass is 592 g/mol. The zero-order chi connectivity index (χ0) is 28.8. The van der Waals surface area contributed by atoms with Gasteiger partial charge in [-0.25, -0.2) is 14.6 Å². The maximum absolute atomic E-state index is 13.8. The molecule has 4 heterocycles. The molecule has 2 aliphatic heterocycles. The number of fused-ring (bicyclic) bond motifs is 2. The van der Waals surface area contributed by atoms with Crippen molar-refractivity contribution >= 4 is 41.0 Å². The van der Waals surface area contributed by atoms with Crippen molar-refractivity contribution in [2.45, 2.75) is 19.9 Å². The molecule has 0 saturated heterocycles. The second-order valence-corrected chi connectivity index (χ2v) is 10.5. The maximum atomic E-state index is 13.8. The molecule has 2 aliphatic rings. The molecule has 2 aromatic heterocycles. The molecule has 0 spiro atoms. The number of aromatic carboxylic acids is 1. The van der Waals surface area contributed by atoms with Crippen LogP contribution in [0.1, 0.15) is 41.6 Å². The molecule has 1 atom stereocenters. The van der Waals surface area contributed by atoms with Gasteiger partial charge >= 0.3 is 11.9 Å². The number of allylic oxidation sites excluding steroid dienone is 1. The van der Waals surface area contributed by atoms with Crippen LogP contribution in [0.25, 0.3) is 17.4 Å². The number of hydrogen-bond acceptors (Lipinski definition) is 9. The van der Waals surface area contributed by atoms with Crippen LogP contribution in [0.3, 0.4) is 0 Å². The predicted octanol–water partition coefficient (Wildman–Crippen LogP) is 4.14. The first kappa shape index (κ1) is 26.6. The number of ether oxygens (including phenoxy) is 3. The highest BCUT2D eigenvalue weighted by atomic mass is 35.5. The van der Waals surface area contributed by atoms with Gasteiger partial charge in [0.2, 0.25) is 6.79 Å². The van der Waals surface area contributed by atoms with Crippen molar-refractivity contribution in [2.75, 3.05) is 13.4 Å². The SMILES string of the molecule is CCOC(=O)C1=C(C)N=c2s/c(=C\c3ccc(-c4ccc(C(=O)O)c(Cl)c4)o3)c(=O)n2[C@H]1c1ccc2c(c1)OCO2. The predicted molar refractivity (Wildman–Crippen MR) is 149 cm³/mol. The molecule has 2 aromatic carbocycles. The molecular weight excluding hydrogens is 572 g/mol. The number of rotatable bonds is 6. The third-order valence-corrected chi connectivity index (χ3v) is 7.91. The number of halogens is 1. The fourth-order valence-electron chi connectivity index (χ4n) is 4.75. The summed E-state index contributed by atoms with van der Waals surface area (Å²) in [4.78, 5) is 43.2. The summed E-state index contributed by atoms with van der Waals surface area (Å²) in [5.74, 6) is 0.242. The molecule has 12 heteroatoms. The van der Waals surface area contributed by atoms with E-state index in [2.05, 4.69) is 4.99 Å². The standard InChI is InChI=1S/C29H21ClN2O8S/c1-3-37-28(36)24-14(2)31-29-32(25(24)16-5-8-21-22(11-16)39-13-38-21)26(33)23(41-29)12-17-6-9-20(40-17)15-4-7-18(27(34)35)19(30)10-15/h4-12,25H,3,13H2,1-2H3,(H,34,35)/b23-12-/t25-/m0/s1. The van der Waals surface area contributed by atoms with E-state index in [9.17, 15) is 19.5 Å². The lowest BCUT2D eigenvalue weighted by Gasteiger charge is -2.24. The summed E-state index contributed by atoms with van der Waals surface area (Å²) in [5, 5.41) is 9.30. The van der Waals surface area contributed by atoms with Crippen molar-refractivity contribution in [3.05, 3.63) is 101 Å². The van der Waals surface area contributed by atoms with E-state index >= 15 is 0 Å². The summed E-state index contributed by atoms with van der Waals surface area (Å²) in [6, 6.07) is 12.4. The second kappa shape index (κ2) is 10.4. The van der Waals surface area contributed by atoms with E-state index < -0.39 is 18.0 Å². The lowest BCUT2D eigenvalue weighted by Crippen LogP contribution is -2.39. The quantitative estimate of drug-likeness (QED) is 0.331. The highest BCUT2D eigenvalue weighted by molar-refractivity contribution is 7.07. The van der Waals surface area contributed by atoms with E-state index in [-0.39, 0.29) is 35.1 Å².